The highest BCUT2D eigenvalue weighted by molar-refractivity contribution is 7.10. The van der Waals surface area contributed by atoms with Gasteiger partial charge < -0.3 is 20.7 Å². The van der Waals surface area contributed by atoms with Gasteiger partial charge in [0, 0.05) is 34.1 Å². The van der Waals surface area contributed by atoms with Crippen LogP contribution in [0.25, 0.3) is 17.0 Å². The van der Waals surface area contributed by atoms with Crippen molar-refractivity contribution >= 4 is 57.7 Å². The molecule has 0 saturated heterocycles. The molecule has 2 aromatic carbocycles. The van der Waals surface area contributed by atoms with Gasteiger partial charge in [-0.15, -0.1) is 11.3 Å². The summed E-state index contributed by atoms with van der Waals surface area (Å²) in [6, 6.07) is 15.5. The maximum absolute atomic E-state index is 12.6. The number of H-pyrrole nitrogens is 1. The van der Waals surface area contributed by atoms with Gasteiger partial charge in [0.2, 0.25) is 0 Å². The zero-order valence-corrected chi connectivity index (χ0v) is 18.7. The molecule has 4 aromatic rings. The van der Waals surface area contributed by atoms with Crippen molar-refractivity contribution in [3.05, 3.63) is 98.5 Å². The molecule has 0 aliphatic carbocycles. The van der Waals surface area contributed by atoms with Crippen molar-refractivity contribution in [3.63, 3.8) is 0 Å². The van der Waals surface area contributed by atoms with Gasteiger partial charge in [-0.2, -0.15) is 0 Å². The maximum atomic E-state index is 12.6. The average molecular weight is 480 g/mol. The van der Waals surface area contributed by atoms with E-state index in [4.69, 9.17) is 11.6 Å². The SMILES string of the molecule is O=C(O)/C(=C/c1cccs1)NC(=O)c1ccc(C(=O)NCc2cccc3[nH]ccc23)cc1Cl. The first-order chi connectivity index (χ1) is 15.9. The molecule has 2 amide bonds. The number of aliphatic carboxylic acids is 1. The van der Waals surface area contributed by atoms with Gasteiger partial charge in [0.1, 0.15) is 5.70 Å². The van der Waals surface area contributed by atoms with Crippen molar-refractivity contribution in [2.45, 2.75) is 6.54 Å². The molecule has 2 heterocycles. The number of carbonyl (C=O) groups is 3. The van der Waals surface area contributed by atoms with Crippen LogP contribution < -0.4 is 10.6 Å². The van der Waals surface area contributed by atoms with Crippen molar-refractivity contribution in [2.24, 2.45) is 0 Å². The summed E-state index contributed by atoms with van der Waals surface area (Å²) in [5.74, 6) is -2.31. The molecule has 0 radical (unpaired) electrons. The monoisotopic (exact) mass is 479 g/mol. The number of carboxylic acids is 1. The van der Waals surface area contributed by atoms with Crippen LogP contribution in [-0.4, -0.2) is 27.9 Å². The Bertz CT molecular complexity index is 1380. The van der Waals surface area contributed by atoms with E-state index in [-0.39, 0.29) is 27.8 Å². The first-order valence-corrected chi connectivity index (χ1v) is 11.1. The van der Waals surface area contributed by atoms with E-state index in [0.717, 1.165) is 16.5 Å². The van der Waals surface area contributed by atoms with E-state index in [1.54, 1.807) is 17.5 Å². The Kier molecular flexibility index (Phi) is 6.58. The summed E-state index contributed by atoms with van der Waals surface area (Å²) >= 11 is 7.59. The topological polar surface area (TPSA) is 111 Å². The maximum Gasteiger partial charge on any atom is 0.352 e. The third-order valence-corrected chi connectivity index (χ3v) is 6.04. The first-order valence-electron chi connectivity index (χ1n) is 9.85. The van der Waals surface area contributed by atoms with Crippen molar-refractivity contribution in [1.29, 1.82) is 0 Å². The van der Waals surface area contributed by atoms with Crippen LogP contribution in [0.1, 0.15) is 31.2 Å². The summed E-state index contributed by atoms with van der Waals surface area (Å²) in [6.45, 7) is 0.323. The normalized spacial score (nSPS) is 11.4. The van der Waals surface area contributed by atoms with Gasteiger partial charge >= 0.3 is 5.97 Å². The van der Waals surface area contributed by atoms with Crippen LogP contribution >= 0.6 is 22.9 Å². The van der Waals surface area contributed by atoms with Crippen LogP contribution in [0.3, 0.4) is 0 Å². The molecule has 0 fully saturated rings. The molecule has 166 valence electrons. The molecule has 0 atom stereocenters. The summed E-state index contributed by atoms with van der Waals surface area (Å²) in [5.41, 5.74) is 2.00. The zero-order chi connectivity index (χ0) is 23.4. The van der Waals surface area contributed by atoms with Crippen LogP contribution in [0.2, 0.25) is 5.02 Å². The fourth-order valence-corrected chi connectivity index (χ4v) is 4.20. The molecule has 7 nitrogen and oxygen atoms in total. The summed E-state index contributed by atoms with van der Waals surface area (Å²) < 4.78 is 0. The molecule has 0 aliphatic heterocycles. The highest BCUT2D eigenvalue weighted by Crippen LogP contribution is 2.20. The van der Waals surface area contributed by atoms with E-state index >= 15 is 0 Å². The summed E-state index contributed by atoms with van der Waals surface area (Å²) in [7, 11) is 0. The predicted octanol–water partition coefficient (Wildman–Crippen LogP) is 4.67. The lowest BCUT2D eigenvalue weighted by Crippen LogP contribution is -2.28. The molecule has 0 saturated carbocycles. The number of amides is 2. The lowest BCUT2D eigenvalue weighted by Gasteiger charge is -2.10. The van der Waals surface area contributed by atoms with Crippen molar-refractivity contribution in [3.8, 4) is 0 Å². The third kappa shape index (κ3) is 5.14. The molecular weight excluding hydrogens is 462 g/mol. The van der Waals surface area contributed by atoms with Crippen LogP contribution in [-0.2, 0) is 11.3 Å². The summed E-state index contributed by atoms with van der Waals surface area (Å²) in [5, 5.41) is 17.5. The zero-order valence-electron chi connectivity index (χ0n) is 17.1. The van der Waals surface area contributed by atoms with Crippen molar-refractivity contribution in [2.75, 3.05) is 0 Å². The first kappa shape index (κ1) is 22.3. The molecule has 0 bridgehead atoms. The van der Waals surface area contributed by atoms with E-state index < -0.39 is 11.9 Å². The van der Waals surface area contributed by atoms with Gasteiger partial charge in [-0.05, 0) is 53.4 Å². The number of carboxylic acid groups (broad SMARTS) is 1. The fraction of sp³-hybridized carbons (Fsp3) is 0.0417. The molecular formula is C24H18ClN3O4S. The number of hydrogen-bond acceptors (Lipinski definition) is 4. The largest absolute Gasteiger partial charge is 0.477 e. The second kappa shape index (κ2) is 9.72. The minimum absolute atomic E-state index is 0.0359. The summed E-state index contributed by atoms with van der Waals surface area (Å²) in [6.07, 6.45) is 3.20. The van der Waals surface area contributed by atoms with Crippen LogP contribution in [0.15, 0.2) is 71.9 Å². The predicted molar refractivity (Wildman–Crippen MR) is 128 cm³/mol. The number of nitrogens with one attached hydrogen (secondary N) is 3. The highest BCUT2D eigenvalue weighted by Gasteiger charge is 2.18. The number of hydrogen-bond donors (Lipinski definition) is 4. The van der Waals surface area contributed by atoms with Crippen molar-refractivity contribution in [1.82, 2.24) is 15.6 Å². The van der Waals surface area contributed by atoms with Gasteiger partial charge in [-0.3, -0.25) is 9.59 Å². The van der Waals surface area contributed by atoms with E-state index in [1.807, 2.05) is 30.5 Å². The number of carbonyl (C=O) groups excluding carboxylic acids is 2. The number of rotatable bonds is 7. The Morgan fingerprint density at radius 1 is 1.06 bits per heavy atom. The molecule has 4 rings (SSSR count). The van der Waals surface area contributed by atoms with Crippen LogP contribution in [0, 0.1) is 0 Å². The molecule has 0 aliphatic rings. The van der Waals surface area contributed by atoms with Crippen LogP contribution in [0.4, 0.5) is 0 Å². The highest BCUT2D eigenvalue weighted by atomic mass is 35.5. The lowest BCUT2D eigenvalue weighted by molar-refractivity contribution is -0.132. The van der Waals surface area contributed by atoms with Gasteiger partial charge in [0.25, 0.3) is 11.8 Å². The number of fused-ring (bicyclic) bond motifs is 1. The molecule has 33 heavy (non-hydrogen) atoms. The van der Waals surface area contributed by atoms with Gasteiger partial charge in [0.15, 0.2) is 0 Å². The minimum atomic E-state index is -1.28. The molecule has 4 N–H and O–H groups in total. The molecule has 0 unspecified atom stereocenters. The second-order valence-corrected chi connectivity index (χ2v) is 8.45. The molecule has 0 spiro atoms. The molecule has 9 heteroatoms. The lowest BCUT2D eigenvalue weighted by atomic mass is 10.1. The Labute approximate surface area is 197 Å². The number of aromatic nitrogens is 1. The quantitative estimate of drug-likeness (QED) is 0.289. The minimum Gasteiger partial charge on any atom is -0.477 e. The number of aromatic amines is 1. The fourth-order valence-electron chi connectivity index (χ4n) is 3.28. The van der Waals surface area contributed by atoms with Crippen molar-refractivity contribution < 1.29 is 19.5 Å². The van der Waals surface area contributed by atoms with Gasteiger partial charge in [-0.1, -0.05) is 29.8 Å². The van der Waals surface area contributed by atoms with Gasteiger partial charge in [0.05, 0.1) is 10.6 Å². The third-order valence-electron chi connectivity index (χ3n) is 4.91. The van der Waals surface area contributed by atoms with E-state index in [2.05, 4.69) is 15.6 Å². The Morgan fingerprint density at radius 3 is 2.64 bits per heavy atom. The summed E-state index contributed by atoms with van der Waals surface area (Å²) in [4.78, 5) is 40.5. The second-order valence-electron chi connectivity index (χ2n) is 7.07. The Morgan fingerprint density at radius 2 is 1.91 bits per heavy atom. The standard InChI is InChI=1S/C24H18ClN3O4S/c25-19-11-14(22(29)27-13-15-3-1-5-20-17(15)8-9-26-20)6-7-18(19)23(30)28-21(24(31)32)12-16-4-2-10-33-16/h1-12,26H,13H2,(H,27,29)(H,28,30)(H,31,32)/b21-12-. The Balaban J connectivity index is 1.45. The smallest absolute Gasteiger partial charge is 0.352 e. The number of benzene rings is 2. The number of thiophene rings is 1. The average Bonchev–Trinajstić information content (AvgIpc) is 3.48. The van der Waals surface area contributed by atoms with Crippen LogP contribution in [0.5, 0.6) is 0 Å². The van der Waals surface area contributed by atoms with E-state index in [0.29, 0.717) is 11.4 Å². The number of halogens is 1. The van der Waals surface area contributed by atoms with E-state index in [9.17, 15) is 19.5 Å². The molecule has 2 aromatic heterocycles. The Hall–Kier alpha value is -3.88. The van der Waals surface area contributed by atoms with E-state index in [1.165, 1.54) is 35.6 Å². The van der Waals surface area contributed by atoms with Gasteiger partial charge in [-0.25, -0.2) is 4.79 Å².